The number of carbonyl (C=O) groups excluding carboxylic acids is 1. The molecule has 1 unspecified atom stereocenters. The molecule has 0 N–H and O–H groups in total. The van der Waals surface area contributed by atoms with E-state index in [0.717, 1.165) is 24.3 Å². The Kier molecular flexibility index (Phi) is 4.58. The monoisotopic (exact) mass is 265 g/mol. The Bertz CT molecular complexity index is 436. The second-order valence-corrected chi connectivity index (χ2v) is 5.11. The van der Waals surface area contributed by atoms with Crippen molar-refractivity contribution >= 4 is 5.97 Å². The molecule has 0 radical (unpaired) electrons. The Labute approximate surface area is 114 Å². The molecule has 1 aliphatic rings. The molecular formula is C14H23N3O2. The third-order valence-corrected chi connectivity index (χ3v) is 3.66. The molecule has 0 bridgehead atoms. The van der Waals surface area contributed by atoms with E-state index in [1.807, 2.05) is 31.8 Å². The van der Waals surface area contributed by atoms with Crippen molar-refractivity contribution in [1.29, 1.82) is 0 Å². The number of likely N-dealkylation sites (tertiary alicyclic amines) is 1. The summed E-state index contributed by atoms with van der Waals surface area (Å²) in [6, 6.07) is 0.107. The van der Waals surface area contributed by atoms with Crippen LogP contribution in [0.5, 0.6) is 0 Å². The SMILES string of the molecule is CCOC(=O)CC(c1cn(C)nc1C)N1CCCC1. The van der Waals surface area contributed by atoms with E-state index in [0.29, 0.717) is 13.0 Å². The quantitative estimate of drug-likeness (QED) is 0.762. The minimum absolute atomic E-state index is 0.107. The number of aryl methyl sites for hydroxylation is 2. The molecule has 1 aromatic rings. The van der Waals surface area contributed by atoms with Crippen LogP contribution in [0.4, 0.5) is 0 Å². The lowest BCUT2D eigenvalue weighted by atomic mass is 10.0. The van der Waals surface area contributed by atoms with Gasteiger partial charge in [0.05, 0.1) is 18.7 Å². The fourth-order valence-corrected chi connectivity index (χ4v) is 2.81. The second kappa shape index (κ2) is 6.19. The second-order valence-electron chi connectivity index (χ2n) is 5.11. The molecule has 0 amide bonds. The van der Waals surface area contributed by atoms with Crippen LogP contribution in [0.3, 0.4) is 0 Å². The highest BCUT2D eigenvalue weighted by atomic mass is 16.5. The highest BCUT2D eigenvalue weighted by Gasteiger charge is 2.28. The molecule has 1 aromatic heterocycles. The van der Waals surface area contributed by atoms with Crippen LogP contribution in [0.2, 0.25) is 0 Å². The number of esters is 1. The van der Waals surface area contributed by atoms with Crippen LogP contribution in [0.15, 0.2) is 6.20 Å². The number of nitrogens with zero attached hydrogens (tertiary/aromatic N) is 3. The minimum Gasteiger partial charge on any atom is -0.466 e. The van der Waals surface area contributed by atoms with Crippen LogP contribution in [0.25, 0.3) is 0 Å². The molecule has 2 heterocycles. The largest absolute Gasteiger partial charge is 0.466 e. The van der Waals surface area contributed by atoms with Gasteiger partial charge in [-0.15, -0.1) is 0 Å². The van der Waals surface area contributed by atoms with E-state index >= 15 is 0 Å². The molecule has 1 saturated heterocycles. The summed E-state index contributed by atoms with van der Waals surface area (Å²) < 4.78 is 6.93. The summed E-state index contributed by atoms with van der Waals surface area (Å²) in [7, 11) is 1.92. The molecule has 1 aliphatic heterocycles. The van der Waals surface area contributed by atoms with Gasteiger partial charge in [-0.25, -0.2) is 0 Å². The topological polar surface area (TPSA) is 47.4 Å². The van der Waals surface area contributed by atoms with Gasteiger partial charge in [-0.2, -0.15) is 5.10 Å². The van der Waals surface area contributed by atoms with Crippen molar-refractivity contribution in [2.24, 2.45) is 7.05 Å². The van der Waals surface area contributed by atoms with Crippen molar-refractivity contribution in [3.63, 3.8) is 0 Å². The predicted molar refractivity (Wildman–Crippen MR) is 72.7 cm³/mol. The Hall–Kier alpha value is -1.36. The van der Waals surface area contributed by atoms with Crippen LogP contribution in [-0.4, -0.2) is 40.3 Å². The van der Waals surface area contributed by atoms with E-state index < -0.39 is 0 Å². The molecule has 5 heteroatoms. The summed E-state index contributed by atoms with van der Waals surface area (Å²) in [6.07, 6.45) is 4.86. The smallest absolute Gasteiger partial charge is 0.307 e. The highest BCUT2D eigenvalue weighted by Crippen LogP contribution is 2.30. The van der Waals surface area contributed by atoms with Gasteiger partial charge in [0.15, 0.2) is 0 Å². The van der Waals surface area contributed by atoms with Crippen molar-refractivity contribution in [2.45, 2.75) is 39.2 Å². The van der Waals surface area contributed by atoms with Crippen molar-refractivity contribution < 1.29 is 9.53 Å². The van der Waals surface area contributed by atoms with E-state index in [1.54, 1.807) is 0 Å². The average molecular weight is 265 g/mol. The molecule has 2 rings (SSSR count). The summed E-state index contributed by atoms with van der Waals surface area (Å²) in [5.74, 6) is -0.123. The lowest BCUT2D eigenvalue weighted by Crippen LogP contribution is -2.28. The number of carbonyl (C=O) groups is 1. The lowest BCUT2D eigenvalue weighted by molar-refractivity contribution is -0.144. The van der Waals surface area contributed by atoms with Crippen LogP contribution in [0, 0.1) is 6.92 Å². The molecule has 1 atom stereocenters. The van der Waals surface area contributed by atoms with Crippen LogP contribution < -0.4 is 0 Å². The highest BCUT2D eigenvalue weighted by molar-refractivity contribution is 5.70. The van der Waals surface area contributed by atoms with Gasteiger partial charge in [-0.3, -0.25) is 14.4 Å². The maximum absolute atomic E-state index is 11.8. The molecule has 5 nitrogen and oxygen atoms in total. The molecule has 0 aromatic carbocycles. The zero-order valence-corrected chi connectivity index (χ0v) is 12.1. The third kappa shape index (κ3) is 3.35. The maximum atomic E-state index is 11.8. The van der Waals surface area contributed by atoms with Crippen LogP contribution >= 0.6 is 0 Å². The first-order valence-electron chi connectivity index (χ1n) is 7.01. The molecule has 19 heavy (non-hydrogen) atoms. The average Bonchev–Trinajstić information content (AvgIpc) is 2.96. The summed E-state index contributed by atoms with van der Waals surface area (Å²) in [5, 5.41) is 4.39. The number of hydrogen-bond acceptors (Lipinski definition) is 4. The number of ether oxygens (including phenoxy) is 1. The fraction of sp³-hybridized carbons (Fsp3) is 0.714. The molecular weight excluding hydrogens is 242 g/mol. The van der Waals surface area contributed by atoms with Gasteiger partial charge < -0.3 is 4.74 Å². The number of aromatic nitrogens is 2. The Morgan fingerprint density at radius 2 is 2.16 bits per heavy atom. The minimum atomic E-state index is -0.123. The van der Waals surface area contributed by atoms with Crippen molar-refractivity contribution in [1.82, 2.24) is 14.7 Å². The van der Waals surface area contributed by atoms with E-state index in [4.69, 9.17) is 4.74 Å². The standard InChI is InChI=1S/C14H23N3O2/c1-4-19-14(18)9-13(17-7-5-6-8-17)12-10-16(3)15-11(12)2/h10,13H,4-9H2,1-3H3. The summed E-state index contributed by atoms with van der Waals surface area (Å²) in [4.78, 5) is 14.2. The summed E-state index contributed by atoms with van der Waals surface area (Å²) in [6.45, 7) is 6.40. The number of rotatable bonds is 5. The molecule has 1 fully saturated rings. The normalized spacial score (nSPS) is 17.6. The summed E-state index contributed by atoms with van der Waals surface area (Å²) in [5.41, 5.74) is 2.15. The van der Waals surface area contributed by atoms with E-state index in [1.165, 1.54) is 12.8 Å². The lowest BCUT2D eigenvalue weighted by Gasteiger charge is -2.26. The maximum Gasteiger partial charge on any atom is 0.307 e. The Morgan fingerprint density at radius 1 is 1.47 bits per heavy atom. The number of hydrogen-bond donors (Lipinski definition) is 0. The summed E-state index contributed by atoms with van der Waals surface area (Å²) >= 11 is 0. The van der Waals surface area contributed by atoms with Crippen LogP contribution in [-0.2, 0) is 16.6 Å². The van der Waals surface area contributed by atoms with Crippen LogP contribution in [0.1, 0.15) is 43.5 Å². The van der Waals surface area contributed by atoms with Crippen molar-refractivity contribution in [2.75, 3.05) is 19.7 Å². The van der Waals surface area contributed by atoms with Crippen molar-refractivity contribution in [3.05, 3.63) is 17.5 Å². The first-order chi connectivity index (χ1) is 9.11. The third-order valence-electron chi connectivity index (χ3n) is 3.66. The molecule has 0 saturated carbocycles. The van der Waals surface area contributed by atoms with Gasteiger partial charge in [0.2, 0.25) is 0 Å². The zero-order chi connectivity index (χ0) is 13.8. The van der Waals surface area contributed by atoms with E-state index in [-0.39, 0.29) is 12.0 Å². The van der Waals surface area contributed by atoms with Gasteiger partial charge in [-0.1, -0.05) is 0 Å². The van der Waals surface area contributed by atoms with Gasteiger partial charge in [0.25, 0.3) is 0 Å². The molecule has 106 valence electrons. The van der Waals surface area contributed by atoms with E-state index in [9.17, 15) is 4.79 Å². The molecule has 0 aliphatic carbocycles. The van der Waals surface area contributed by atoms with E-state index in [2.05, 4.69) is 10.00 Å². The molecule has 0 spiro atoms. The van der Waals surface area contributed by atoms with Crippen molar-refractivity contribution in [3.8, 4) is 0 Å². The fourth-order valence-electron chi connectivity index (χ4n) is 2.81. The van der Waals surface area contributed by atoms with Gasteiger partial charge in [0.1, 0.15) is 0 Å². The first-order valence-corrected chi connectivity index (χ1v) is 7.01. The van der Waals surface area contributed by atoms with Gasteiger partial charge in [0, 0.05) is 24.8 Å². The van der Waals surface area contributed by atoms with Gasteiger partial charge >= 0.3 is 5.97 Å². The Balaban J connectivity index is 2.18. The Morgan fingerprint density at radius 3 is 2.68 bits per heavy atom. The predicted octanol–water partition coefficient (Wildman–Crippen LogP) is 1.82. The first kappa shape index (κ1) is 14.1. The van der Waals surface area contributed by atoms with Gasteiger partial charge in [-0.05, 0) is 39.8 Å². The zero-order valence-electron chi connectivity index (χ0n) is 12.1.